The molecule has 2 nitrogen and oxygen atoms in total. The number of fused-ring (bicyclic) bond motifs is 1. The Morgan fingerprint density at radius 1 is 1.38 bits per heavy atom. The molecular formula is C9H8BFN2. The van der Waals surface area contributed by atoms with Gasteiger partial charge in [-0.1, -0.05) is 12.1 Å². The summed E-state index contributed by atoms with van der Waals surface area (Å²) in [5, 5.41) is 0. The molecule has 0 fully saturated rings. The van der Waals surface area contributed by atoms with Crippen LogP contribution in [0.15, 0.2) is 24.3 Å². The van der Waals surface area contributed by atoms with Crippen LogP contribution in [0, 0.1) is 0 Å². The number of hydrogen-bond acceptors (Lipinski definition) is 1. The van der Waals surface area contributed by atoms with Crippen LogP contribution in [-0.2, 0) is 6.54 Å². The van der Waals surface area contributed by atoms with Crippen molar-refractivity contribution in [1.82, 2.24) is 9.55 Å². The van der Waals surface area contributed by atoms with E-state index in [0.29, 0.717) is 5.72 Å². The Morgan fingerprint density at radius 2 is 2.15 bits per heavy atom. The highest BCUT2D eigenvalue weighted by Gasteiger charge is 2.04. The van der Waals surface area contributed by atoms with Crippen molar-refractivity contribution in [3.8, 4) is 0 Å². The maximum Gasteiger partial charge on any atom is 0.167 e. The van der Waals surface area contributed by atoms with Gasteiger partial charge < -0.3 is 4.57 Å². The average molecular weight is 174 g/mol. The van der Waals surface area contributed by atoms with Gasteiger partial charge in [-0.2, -0.15) is 0 Å². The number of para-hydroxylation sites is 2. The molecule has 0 spiro atoms. The van der Waals surface area contributed by atoms with Crippen LogP contribution < -0.4 is 5.72 Å². The zero-order chi connectivity index (χ0) is 9.26. The second-order valence-electron chi connectivity index (χ2n) is 2.80. The van der Waals surface area contributed by atoms with Gasteiger partial charge in [-0.3, -0.25) is 0 Å². The largest absolute Gasteiger partial charge is 0.335 e. The van der Waals surface area contributed by atoms with Gasteiger partial charge in [0.1, 0.15) is 6.67 Å². The number of aryl methyl sites for hydroxylation is 1. The van der Waals surface area contributed by atoms with E-state index in [1.165, 1.54) is 0 Å². The molecule has 0 aliphatic carbocycles. The van der Waals surface area contributed by atoms with Gasteiger partial charge >= 0.3 is 0 Å². The van der Waals surface area contributed by atoms with E-state index < -0.39 is 6.67 Å². The minimum absolute atomic E-state index is 0.270. The van der Waals surface area contributed by atoms with E-state index in [1.54, 1.807) is 4.57 Å². The molecule has 4 heteroatoms. The number of alkyl halides is 1. The lowest BCUT2D eigenvalue weighted by Crippen LogP contribution is -2.19. The topological polar surface area (TPSA) is 17.8 Å². The summed E-state index contributed by atoms with van der Waals surface area (Å²) in [6.45, 7) is -0.156. The molecule has 0 amide bonds. The van der Waals surface area contributed by atoms with Crippen molar-refractivity contribution in [3.63, 3.8) is 0 Å². The van der Waals surface area contributed by atoms with Gasteiger partial charge in [0.25, 0.3) is 0 Å². The fourth-order valence-corrected chi connectivity index (χ4v) is 1.41. The minimum atomic E-state index is -0.426. The lowest BCUT2D eigenvalue weighted by molar-refractivity contribution is 0.453. The molecule has 0 aliphatic heterocycles. The minimum Gasteiger partial charge on any atom is -0.335 e. The molecule has 1 aromatic heterocycles. The predicted octanol–water partition coefficient (Wildman–Crippen LogP) is 0.800. The van der Waals surface area contributed by atoms with Crippen molar-refractivity contribution in [2.75, 3.05) is 6.67 Å². The van der Waals surface area contributed by atoms with Gasteiger partial charge in [-0.15, -0.1) is 0 Å². The Hall–Kier alpha value is -1.32. The number of hydrogen-bond donors (Lipinski definition) is 0. The maximum atomic E-state index is 12.2. The Kier molecular flexibility index (Phi) is 2.04. The third-order valence-electron chi connectivity index (χ3n) is 1.99. The molecule has 0 unspecified atom stereocenters. The van der Waals surface area contributed by atoms with E-state index >= 15 is 0 Å². The molecule has 2 radical (unpaired) electrons. The van der Waals surface area contributed by atoms with Gasteiger partial charge in [-0.25, -0.2) is 9.37 Å². The summed E-state index contributed by atoms with van der Waals surface area (Å²) < 4.78 is 13.8. The van der Waals surface area contributed by atoms with Gasteiger partial charge in [0.15, 0.2) is 7.85 Å². The Bertz CT molecular complexity index is 424. The summed E-state index contributed by atoms with van der Waals surface area (Å²) in [5.41, 5.74) is 2.07. The van der Waals surface area contributed by atoms with Crippen LogP contribution in [-0.4, -0.2) is 24.1 Å². The highest BCUT2D eigenvalue weighted by atomic mass is 19.1. The van der Waals surface area contributed by atoms with Crippen LogP contribution >= 0.6 is 0 Å². The third-order valence-corrected chi connectivity index (χ3v) is 1.99. The van der Waals surface area contributed by atoms with Crippen LogP contribution in [0.1, 0.15) is 0 Å². The maximum absolute atomic E-state index is 12.2. The first kappa shape index (κ1) is 8.29. The van der Waals surface area contributed by atoms with Crippen LogP contribution in [0.5, 0.6) is 0 Å². The standard InChI is InChI=1S/C9H8BFN2/c10-9-12-7-3-1-2-4-8(7)13(9)6-5-11/h1-4H,5-6H2. The molecule has 0 bridgehead atoms. The van der Waals surface area contributed by atoms with E-state index in [9.17, 15) is 4.39 Å². The zero-order valence-corrected chi connectivity index (χ0v) is 7.07. The van der Waals surface area contributed by atoms with Crippen LogP contribution in [0.25, 0.3) is 11.0 Å². The molecule has 0 atom stereocenters. The van der Waals surface area contributed by atoms with Crippen LogP contribution in [0.4, 0.5) is 4.39 Å². The summed E-state index contributed by atoms with van der Waals surface area (Å²) in [7, 11) is 5.62. The Balaban J connectivity index is 2.64. The molecule has 0 N–H and O–H groups in total. The van der Waals surface area contributed by atoms with Crippen molar-refractivity contribution in [2.24, 2.45) is 0 Å². The molecule has 1 heterocycles. The van der Waals surface area contributed by atoms with Gasteiger partial charge in [0, 0.05) is 0 Å². The Labute approximate surface area is 76.8 Å². The van der Waals surface area contributed by atoms with E-state index in [1.807, 2.05) is 24.3 Å². The second kappa shape index (κ2) is 3.20. The van der Waals surface area contributed by atoms with E-state index in [2.05, 4.69) is 4.98 Å². The van der Waals surface area contributed by atoms with Gasteiger partial charge in [0.2, 0.25) is 0 Å². The summed E-state index contributed by atoms with van der Waals surface area (Å²) in [6.07, 6.45) is 0. The third kappa shape index (κ3) is 1.32. The molecule has 0 saturated carbocycles. The number of halogens is 1. The van der Waals surface area contributed by atoms with Gasteiger partial charge in [0.05, 0.1) is 23.3 Å². The SMILES string of the molecule is [B]c1nc2ccccc2n1CCF. The second-order valence-corrected chi connectivity index (χ2v) is 2.80. The molecule has 2 rings (SSSR count). The average Bonchev–Trinajstić information content (AvgIpc) is 2.44. The van der Waals surface area contributed by atoms with Crippen molar-refractivity contribution in [1.29, 1.82) is 0 Å². The number of imidazole rings is 1. The quantitative estimate of drug-likeness (QED) is 0.615. The van der Waals surface area contributed by atoms with Crippen molar-refractivity contribution < 1.29 is 4.39 Å². The number of benzene rings is 1. The number of nitrogens with zero attached hydrogens (tertiary/aromatic N) is 2. The molecule has 64 valence electrons. The Morgan fingerprint density at radius 3 is 2.92 bits per heavy atom. The predicted molar refractivity (Wildman–Crippen MR) is 51.1 cm³/mol. The molecule has 2 aromatic rings. The van der Waals surface area contributed by atoms with Crippen molar-refractivity contribution in [2.45, 2.75) is 6.54 Å². The highest BCUT2D eigenvalue weighted by Crippen LogP contribution is 2.09. The highest BCUT2D eigenvalue weighted by molar-refractivity contribution is 6.30. The summed E-state index contributed by atoms with van der Waals surface area (Å²) in [6, 6.07) is 7.52. The number of rotatable bonds is 2. The van der Waals surface area contributed by atoms with E-state index in [0.717, 1.165) is 11.0 Å². The summed E-state index contributed by atoms with van der Waals surface area (Å²) in [5.74, 6) is 0. The van der Waals surface area contributed by atoms with Crippen molar-refractivity contribution in [3.05, 3.63) is 24.3 Å². The first-order valence-corrected chi connectivity index (χ1v) is 4.09. The fraction of sp³-hybridized carbons (Fsp3) is 0.222. The summed E-state index contributed by atoms with van der Waals surface area (Å²) >= 11 is 0. The molecular weight excluding hydrogens is 166 g/mol. The normalized spacial score (nSPS) is 10.8. The number of aromatic nitrogens is 2. The fourth-order valence-electron chi connectivity index (χ4n) is 1.41. The van der Waals surface area contributed by atoms with Crippen molar-refractivity contribution >= 4 is 24.6 Å². The molecule has 1 aromatic carbocycles. The van der Waals surface area contributed by atoms with Crippen LogP contribution in [0.3, 0.4) is 0 Å². The lowest BCUT2D eigenvalue weighted by atomic mass is 10.1. The van der Waals surface area contributed by atoms with E-state index in [4.69, 9.17) is 7.85 Å². The first-order valence-electron chi connectivity index (χ1n) is 4.09. The molecule has 13 heavy (non-hydrogen) atoms. The smallest absolute Gasteiger partial charge is 0.167 e. The van der Waals surface area contributed by atoms with Gasteiger partial charge in [-0.05, 0) is 12.1 Å². The zero-order valence-electron chi connectivity index (χ0n) is 7.07. The monoisotopic (exact) mass is 174 g/mol. The lowest BCUT2D eigenvalue weighted by Gasteiger charge is -2.02. The molecule has 0 saturated heterocycles. The van der Waals surface area contributed by atoms with E-state index in [-0.39, 0.29) is 6.54 Å². The summed E-state index contributed by atoms with van der Waals surface area (Å²) in [4.78, 5) is 4.11. The first-order chi connectivity index (χ1) is 6.33. The molecule has 0 aliphatic rings. The van der Waals surface area contributed by atoms with Crippen LogP contribution in [0.2, 0.25) is 0 Å².